The Kier molecular flexibility index (Phi) is 7.06. The van der Waals surface area contributed by atoms with E-state index >= 15 is 0 Å². The van der Waals surface area contributed by atoms with Crippen molar-refractivity contribution >= 4 is 22.8 Å². The number of carbonyl (C=O) groups is 2. The molecule has 0 saturated heterocycles. The maximum absolute atomic E-state index is 11.9. The standard InChI is InChI=1S/C24H28N2O3/c1-17(2)19-9-7-18(8-10-19)13-14-25-23(27)16-29-24(28)12-11-20-15-26-22-6-4-3-5-21(20)22/h3-10,15,17,26H,11-14,16H2,1-2H3,(H,25,27). The first-order chi connectivity index (χ1) is 14.0. The molecule has 0 atom stereocenters. The van der Waals surface area contributed by atoms with E-state index in [-0.39, 0.29) is 24.9 Å². The number of aromatic nitrogens is 1. The molecule has 0 unspecified atom stereocenters. The van der Waals surface area contributed by atoms with Gasteiger partial charge >= 0.3 is 5.97 Å². The van der Waals surface area contributed by atoms with Crippen LogP contribution < -0.4 is 5.32 Å². The van der Waals surface area contributed by atoms with Gasteiger partial charge in [0, 0.05) is 30.1 Å². The molecule has 0 saturated carbocycles. The van der Waals surface area contributed by atoms with Crippen LogP contribution in [0.25, 0.3) is 10.9 Å². The van der Waals surface area contributed by atoms with Crippen molar-refractivity contribution < 1.29 is 14.3 Å². The summed E-state index contributed by atoms with van der Waals surface area (Å²) in [5.41, 5.74) is 4.60. The Balaban J connectivity index is 1.34. The third-order valence-corrected chi connectivity index (χ3v) is 5.02. The molecule has 5 heteroatoms. The number of H-pyrrole nitrogens is 1. The van der Waals surface area contributed by atoms with Gasteiger partial charge < -0.3 is 15.0 Å². The number of hydrogen-bond donors (Lipinski definition) is 2. The Morgan fingerprint density at radius 1 is 1.03 bits per heavy atom. The zero-order valence-corrected chi connectivity index (χ0v) is 17.0. The highest BCUT2D eigenvalue weighted by atomic mass is 16.5. The van der Waals surface area contributed by atoms with Crippen LogP contribution in [0.3, 0.4) is 0 Å². The lowest BCUT2D eigenvalue weighted by molar-refractivity contribution is -0.148. The Morgan fingerprint density at radius 2 is 1.79 bits per heavy atom. The summed E-state index contributed by atoms with van der Waals surface area (Å²) in [7, 11) is 0. The van der Waals surface area contributed by atoms with E-state index in [4.69, 9.17) is 4.74 Å². The first-order valence-electron chi connectivity index (χ1n) is 10.1. The normalized spacial score (nSPS) is 11.0. The summed E-state index contributed by atoms with van der Waals surface area (Å²) in [6, 6.07) is 16.4. The lowest BCUT2D eigenvalue weighted by Gasteiger charge is -2.08. The maximum Gasteiger partial charge on any atom is 0.306 e. The van der Waals surface area contributed by atoms with E-state index in [9.17, 15) is 9.59 Å². The molecular formula is C24H28N2O3. The van der Waals surface area contributed by atoms with Crippen LogP contribution in [0.5, 0.6) is 0 Å². The second-order valence-corrected chi connectivity index (χ2v) is 7.52. The van der Waals surface area contributed by atoms with Crippen molar-refractivity contribution in [1.82, 2.24) is 10.3 Å². The van der Waals surface area contributed by atoms with Gasteiger partial charge in [-0.05, 0) is 41.5 Å². The largest absolute Gasteiger partial charge is 0.456 e. The van der Waals surface area contributed by atoms with E-state index in [2.05, 4.69) is 48.4 Å². The first kappa shape index (κ1) is 20.6. The number of benzene rings is 2. The predicted octanol–water partition coefficient (Wildman–Crippen LogP) is 4.13. The number of ether oxygens (including phenoxy) is 1. The second kappa shape index (κ2) is 9.92. The zero-order chi connectivity index (χ0) is 20.6. The molecule has 0 radical (unpaired) electrons. The Morgan fingerprint density at radius 3 is 2.55 bits per heavy atom. The first-order valence-corrected chi connectivity index (χ1v) is 10.1. The predicted molar refractivity (Wildman–Crippen MR) is 115 cm³/mol. The van der Waals surface area contributed by atoms with E-state index < -0.39 is 0 Å². The van der Waals surface area contributed by atoms with Crippen molar-refractivity contribution in [3.8, 4) is 0 Å². The van der Waals surface area contributed by atoms with Gasteiger partial charge in [-0.25, -0.2) is 0 Å². The number of esters is 1. The fourth-order valence-electron chi connectivity index (χ4n) is 3.26. The molecule has 0 spiro atoms. The number of aryl methyl sites for hydroxylation is 1. The number of carbonyl (C=O) groups excluding carboxylic acids is 2. The number of fused-ring (bicyclic) bond motifs is 1. The number of hydrogen-bond acceptors (Lipinski definition) is 3. The summed E-state index contributed by atoms with van der Waals surface area (Å²) in [4.78, 5) is 27.0. The summed E-state index contributed by atoms with van der Waals surface area (Å²) in [5.74, 6) is -0.131. The highest BCUT2D eigenvalue weighted by Crippen LogP contribution is 2.19. The van der Waals surface area contributed by atoms with Crippen LogP contribution >= 0.6 is 0 Å². The van der Waals surface area contributed by atoms with Crippen LogP contribution in [0.1, 0.15) is 42.9 Å². The number of amides is 1. The van der Waals surface area contributed by atoms with E-state index in [1.807, 2.05) is 30.5 Å². The molecule has 0 bridgehead atoms. The molecule has 0 aliphatic heterocycles. The summed E-state index contributed by atoms with van der Waals surface area (Å²) in [5, 5.41) is 3.91. The minimum atomic E-state index is -0.366. The number of rotatable bonds is 9. The average molecular weight is 392 g/mol. The average Bonchev–Trinajstić information content (AvgIpc) is 3.14. The van der Waals surface area contributed by atoms with Crippen molar-refractivity contribution in [3.63, 3.8) is 0 Å². The topological polar surface area (TPSA) is 71.2 Å². The van der Waals surface area contributed by atoms with Gasteiger partial charge in [-0.1, -0.05) is 56.3 Å². The van der Waals surface area contributed by atoms with Gasteiger partial charge in [0.15, 0.2) is 6.61 Å². The summed E-state index contributed by atoms with van der Waals surface area (Å²) in [6.07, 6.45) is 3.49. The molecule has 2 N–H and O–H groups in total. The Labute approximate surface area is 171 Å². The van der Waals surface area contributed by atoms with E-state index in [0.29, 0.717) is 18.9 Å². The molecule has 1 amide bonds. The lowest BCUT2D eigenvalue weighted by Crippen LogP contribution is -2.30. The monoisotopic (exact) mass is 392 g/mol. The van der Waals surface area contributed by atoms with Gasteiger partial charge in [0.2, 0.25) is 0 Å². The highest BCUT2D eigenvalue weighted by Gasteiger charge is 2.10. The van der Waals surface area contributed by atoms with Crippen LogP contribution in [0.2, 0.25) is 0 Å². The summed E-state index contributed by atoms with van der Waals surface area (Å²) >= 11 is 0. The second-order valence-electron chi connectivity index (χ2n) is 7.52. The fraction of sp³-hybridized carbons (Fsp3) is 0.333. The van der Waals surface area contributed by atoms with Crippen molar-refractivity contribution in [1.29, 1.82) is 0 Å². The number of aromatic amines is 1. The third-order valence-electron chi connectivity index (χ3n) is 5.02. The van der Waals surface area contributed by atoms with Crippen LogP contribution in [0.4, 0.5) is 0 Å². The van der Waals surface area contributed by atoms with Gasteiger partial charge in [-0.15, -0.1) is 0 Å². The maximum atomic E-state index is 11.9. The SMILES string of the molecule is CC(C)c1ccc(CCNC(=O)COC(=O)CCc2c[nH]c3ccccc23)cc1. The molecule has 29 heavy (non-hydrogen) atoms. The van der Waals surface area contributed by atoms with E-state index in [0.717, 1.165) is 22.9 Å². The fourth-order valence-corrected chi connectivity index (χ4v) is 3.26. The smallest absolute Gasteiger partial charge is 0.306 e. The van der Waals surface area contributed by atoms with E-state index in [1.54, 1.807) is 0 Å². The van der Waals surface area contributed by atoms with Crippen molar-refractivity contribution in [2.45, 2.75) is 39.0 Å². The summed E-state index contributed by atoms with van der Waals surface area (Å²) < 4.78 is 5.10. The highest BCUT2D eigenvalue weighted by molar-refractivity contribution is 5.84. The molecule has 5 nitrogen and oxygen atoms in total. The number of nitrogens with one attached hydrogen (secondary N) is 2. The van der Waals surface area contributed by atoms with Crippen molar-refractivity contribution in [3.05, 3.63) is 71.4 Å². The van der Waals surface area contributed by atoms with E-state index in [1.165, 1.54) is 11.1 Å². The zero-order valence-electron chi connectivity index (χ0n) is 17.0. The quantitative estimate of drug-likeness (QED) is 0.538. The molecule has 0 fully saturated rings. The van der Waals surface area contributed by atoms with Gasteiger partial charge in [0.1, 0.15) is 0 Å². The molecule has 0 aliphatic rings. The lowest BCUT2D eigenvalue weighted by atomic mass is 10.0. The van der Waals surface area contributed by atoms with Gasteiger partial charge in [-0.3, -0.25) is 9.59 Å². The minimum absolute atomic E-state index is 0.237. The molecule has 0 aliphatic carbocycles. The molecule has 3 rings (SSSR count). The van der Waals surface area contributed by atoms with Gasteiger partial charge in [0.05, 0.1) is 0 Å². The van der Waals surface area contributed by atoms with Crippen LogP contribution in [0, 0.1) is 0 Å². The molecular weight excluding hydrogens is 364 g/mol. The third kappa shape index (κ3) is 5.95. The van der Waals surface area contributed by atoms with Crippen LogP contribution in [0.15, 0.2) is 54.7 Å². The Bertz CT molecular complexity index is 958. The number of para-hydroxylation sites is 1. The molecule has 1 heterocycles. The van der Waals surface area contributed by atoms with Crippen LogP contribution in [-0.4, -0.2) is 30.0 Å². The molecule has 1 aromatic heterocycles. The van der Waals surface area contributed by atoms with Crippen molar-refractivity contribution in [2.75, 3.05) is 13.2 Å². The summed E-state index contributed by atoms with van der Waals surface area (Å²) in [6.45, 7) is 4.61. The Hall–Kier alpha value is -3.08. The van der Waals surface area contributed by atoms with Crippen molar-refractivity contribution in [2.24, 2.45) is 0 Å². The van der Waals surface area contributed by atoms with Crippen LogP contribution in [-0.2, 0) is 27.2 Å². The van der Waals surface area contributed by atoms with Gasteiger partial charge in [-0.2, -0.15) is 0 Å². The van der Waals surface area contributed by atoms with Gasteiger partial charge in [0.25, 0.3) is 5.91 Å². The molecule has 3 aromatic rings. The molecule has 152 valence electrons. The minimum Gasteiger partial charge on any atom is -0.456 e. The molecule has 2 aromatic carbocycles.